The molecule has 1 N–H and O–H groups in total. The van der Waals surface area contributed by atoms with Crippen molar-refractivity contribution in [2.45, 2.75) is 6.10 Å². The number of methoxy groups -OCH3 is 1. The van der Waals surface area contributed by atoms with Crippen LogP contribution in [-0.2, 0) is 0 Å². The Bertz CT molecular complexity index is 767. The molecule has 7 heteroatoms. The number of aliphatic hydroxyl groups is 1. The largest absolute Gasteiger partial charge is 0.496 e. The zero-order valence-electron chi connectivity index (χ0n) is 14.5. The van der Waals surface area contributed by atoms with Gasteiger partial charge in [0.15, 0.2) is 0 Å². The van der Waals surface area contributed by atoms with E-state index in [2.05, 4.69) is 20.8 Å². The number of ether oxygens (including phenoxy) is 1. The molecule has 1 atom stereocenters. The lowest BCUT2D eigenvalue weighted by Gasteiger charge is -2.37. The average Bonchev–Trinajstić information content (AvgIpc) is 2.62. The molecule has 2 aromatic carbocycles. The lowest BCUT2D eigenvalue weighted by Crippen LogP contribution is -2.47. The highest BCUT2D eigenvalue weighted by molar-refractivity contribution is 9.10. The van der Waals surface area contributed by atoms with E-state index in [9.17, 15) is 13.9 Å². The third-order valence-corrected chi connectivity index (χ3v) is 5.23. The number of hydrogen-bond donors (Lipinski definition) is 1. The smallest absolute Gasteiger partial charge is 0.149 e. The van der Waals surface area contributed by atoms with Crippen LogP contribution in [0.2, 0.25) is 0 Å². The van der Waals surface area contributed by atoms with Crippen LogP contribution in [-0.4, -0.2) is 49.8 Å². The van der Waals surface area contributed by atoms with E-state index in [-0.39, 0.29) is 0 Å². The summed E-state index contributed by atoms with van der Waals surface area (Å²) in [7, 11) is 1.60. The molecule has 0 aliphatic carbocycles. The van der Waals surface area contributed by atoms with Crippen LogP contribution in [0.4, 0.5) is 14.5 Å². The molecule has 26 heavy (non-hydrogen) atoms. The first-order valence-electron chi connectivity index (χ1n) is 8.42. The number of β-amino-alcohol motifs (C(OH)–C–C–N with tert-alkyl or cyclic N) is 1. The maximum absolute atomic E-state index is 13.9. The highest BCUT2D eigenvalue weighted by Crippen LogP contribution is 2.29. The molecule has 1 saturated heterocycles. The molecule has 1 aliphatic heterocycles. The number of hydrogen-bond acceptors (Lipinski definition) is 4. The Morgan fingerprint density at radius 3 is 2.46 bits per heavy atom. The third kappa shape index (κ3) is 4.34. The minimum absolute atomic E-state index is 0.422. The van der Waals surface area contributed by atoms with E-state index in [1.165, 1.54) is 12.1 Å². The van der Waals surface area contributed by atoms with Gasteiger partial charge in [-0.3, -0.25) is 4.90 Å². The standard InChI is InChI=1S/C19H21BrF2N2O2/c1-26-19-5-2-13(10-15(19)20)18(25)12-23-6-8-24(9-7-23)17-4-3-14(21)11-16(17)22/h2-5,10-11,18,25H,6-9,12H2,1H3. The van der Waals surface area contributed by atoms with E-state index in [1.807, 2.05) is 23.1 Å². The monoisotopic (exact) mass is 426 g/mol. The van der Waals surface area contributed by atoms with E-state index in [4.69, 9.17) is 4.74 Å². The summed E-state index contributed by atoms with van der Waals surface area (Å²) in [6.07, 6.45) is -0.619. The van der Waals surface area contributed by atoms with Crippen LogP contribution in [0.1, 0.15) is 11.7 Å². The Morgan fingerprint density at radius 2 is 1.85 bits per heavy atom. The van der Waals surface area contributed by atoms with Gasteiger partial charge in [0.2, 0.25) is 0 Å². The number of nitrogens with zero attached hydrogens (tertiary/aromatic N) is 2. The second kappa shape index (κ2) is 8.33. The summed E-state index contributed by atoms with van der Waals surface area (Å²) < 4.78 is 33.0. The SMILES string of the molecule is COc1ccc(C(O)CN2CCN(c3ccc(F)cc3F)CC2)cc1Br. The van der Waals surface area contributed by atoms with Crippen molar-refractivity contribution >= 4 is 21.6 Å². The van der Waals surface area contributed by atoms with Gasteiger partial charge in [-0.15, -0.1) is 0 Å². The van der Waals surface area contributed by atoms with Crippen molar-refractivity contribution in [3.63, 3.8) is 0 Å². The molecule has 0 aromatic heterocycles. The van der Waals surface area contributed by atoms with Gasteiger partial charge in [0.1, 0.15) is 17.4 Å². The van der Waals surface area contributed by atoms with Crippen molar-refractivity contribution in [1.29, 1.82) is 0 Å². The molecule has 1 fully saturated rings. The number of benzene rings is 2. The Kier molecular flexibility index (Phi) is 6.11. The summed E-state index contributed by atoms with van der Waals surface area (Å²) in [6.45, 7) is 3.15. The van der Waals surface area contributed by atoms with Crippen molar-refractivity contribution in [2.24, 2.45) is 0 Å². The van der Waals surface area contributed by atoms with Crippen LogP contribution in [0.5, 0.6) is 5.75 Å². The zero-order chi connectivity index (χ0) is 18.7. The molecule has 0 bridgehead atoms. The fraction of sp³-hybridized carbons (Fsp3) is 0.368. The number of piperazine rings is 1. The Hall–Kier alpha value is -1.70. The molecule has 4 nitrogen and oxygen atoms in total. The Labute approximate surface area is 160 Å². The van der Waals surface area contributed by atoms with Crippen molar-refractivity contribution in [3.8, 4) is 5.75 Å². The zero-order valence-corrected chi connectivity index (χ0v) is 16.0. The normalized spacial score (nSPS) is 16.6. The summed E-state index contributed by atoms with van der Waals surface area (Å²) in [5.41, 5.74) is 1.23. The topological polar surface area (TPSA) is 35.9 Å². The summed E-state index contributed by atoms with van der Waals surface area (Å²) >= 11 is 3.43. The van der Waals surface area contributed by atoms with Gasteiger partial charge < -0.3 is 14.7 Å². The van der Waals surface area contributed by atoms with Crippen LogP contribution in [0.25, 0.3) is 0 Å². The molecule has 3 rings (SSSR count). The number of rotatable bonds is 5. The van der Waals surface area contributed by atoms with E-state index < -0.39 is 17.7 Å². The molecule has 2 aromatic rings. The van der Waals surface area contributed by atoms with Crippen LogP contribution in [0, 0.1) is 11.6 Å². The van der Waals surface area contributed by atoms with Crippen LogP contribution in [0.15, 0.2) is 40.9 Å². The summed E-state index contributed by atoms with van der Waals surface area (Å²) in [6, 6.07) is 9.18. The van der Waals surface area contributed by atoms with Gasteiger partial charge in [0.05, 0.1) is 23.4 Å². The van der Waals surface area contributed by atoms with Gasteiger partial charge in [-0.1, -0.05) is 6.07 Å². The molecule has 1 aliphatic rings. The highest BCUT2D eigenvalue weighted by atomic mass is 79.9. The number of halogens is 3. The summed E-state index contributed by atoms with van der Waals surface area (Å²) in [4.78, 5) is 4.04. The Morgan fingerprint density at radius 1 is 1.12 bits per heavy atom. The predicted octanol–water partition coefficient (Wildman–Crippen LogP) is 3.59. The van der Waals surface area contributed by atoms with Crippen molar-refractivity contribution < 1.29 is 18.6 Å². The molecular weight excluding hydrogens is 406 g/mol. The first-order chi connectivity index (χ1) is 12.5. The van der Waals surface area contributed by atoms with Gasteiger partial charge in [-0.25, -0.2) is 8.78 Å². The molecule has 0 spiro atoms. The lowest BCUT2D eigenvalue weighted by atomic mass is 10.1. The van der Waals surface area contributed by atoms with Gasteiger partial charge in [-0.05, 0) is 45.8 Å². The minimum Gasteiger partial charge on any atom is -0.496 e. The van der Waals surface area contributed by atoms with Gasteiger partial charge in [0, 0.05) is 38.8 Å². The van der Waals surface area contributed by atoms with Crippen molar-refractivity contribution in [2.75, 3.05) is 44.7 Å². The molecule has 0 amide bonds. The molecule has 1 heterocycles. The number of anilines is 1. The molecular formula is C19H21BrF2N2O2. The molecule has 1 unspecified atom stereocenters. The van der Waals surface area contributed by atoms with Crippen LogP contribution in [0.3, 0.4) is 0 Å². The van der Waals surface area contributed by atoms with Gasteiger partial charge in [0.25, 0.3) is 0 Å². The quantitative estimate of drug-likeness (QED) is 0.792. The van der Waals surface area contributed by atoms with E-state index in [0.717, 1.165) is 21.9 Å². The second-order valence-electron chi connectivity index (χ2n) is 6.29. The van der Waals surface area contributed by atoms with E-state index in [0.29, 0.717) is 38.4 Å². The van der Waals surface area contributed by atoms with Crippen LogP contribution >= 0.6 is 15.9 Å². The van der Waals surface area contributed by atoms with Gasteiger partial charge in [-0.2, -0.15) is 0 Å². The third-order valence-electron chi connectivity index (χ3n) is 4.61. The molecule has 0 saturated carbocycles. The second-order valence-corrected chi connectivity index (χ2v) is 7.15. The summed E-state index contributed by atoms with van der Waals surface area (Å²) in [5, 5.41) is 10.5. The Balaban J connectivity index is 1.57. The fourth-order valence-electron chi connectivity index (χ4n) is 3.15. The average molecular weight is 427 g/mol. The maximum atomic E-state index is 13.9. The minimum atomic E-state index is -0.619. The van der Waals surface area contributed by atoms with Crippen LogP contribution < -0.4 is 9.64 Å². The van der Waals surface area contributed by atoms with Crippen molar-refractivity contribution in [1.82, 2.24) is 4.90 Å². The lowest BCUT2D eigenvalue weighted by molar-refractivity contribution is 0.109. The molecule has 0 radical (unpaired) electrons. The predicted molar refractivity (Wildman–Crippen MR) is 101 cm³/mol. The highest BCUT2D eigenvalue weighted by Gasteiger charge is 2.22. The number of aliphatic hydroxyl groups excluding tert-OH is 1. The van der Waals surface area contributed by atoms with E-state index in [1.54, 1.807) is 7.11 Å². The van der Waals surface area contributed by atoms with Gasteiger partial charge >= 0.3 is 0 Å². The molecule has 140 valence electrons. The fourth-order valence-corrected chi connectivity index (χ4v) is 3.71. The van der Waals surface area contributed by atoms with E-state index >= 15 is 0 Å². The summed E-state index contributed by atoms with van der Waals surface area (Å²) in [5.74, 6) is -0.392. The first kappa shape index (κ1) is 19.1. The van der Waals surface area contributed by atoms with Crippen molar-refractivity contribution in [3.05, 3.63) is 58.1 Å². The first-order valence-corrected chi connectivity index (χ1v) is 9.21. The maximum Gasteiger partial charge on any atom is 0.149 e.